The van der Waals surface area contributed by atoms with Gasteiger partial charge in [0.2, 0.25) is 0 Å². The van der Waals surface area contributed by atoms with Crippen molar-refractivity contribution < 1.29 is 3.89 Å². The number of hydrogen-bond acceptors (Lipinski definition) is 1. The second kappa shape index (κ2) is 2.74. The molecule has 0 aliphatic rings. The molecule has 0 heterocycles. The summed E-state index contributed by atoms with van der Waals surface area (Å²) in [5.74, 6) is 0. The number of anilines is 1. The van der Waals surface area contributed by atoms with E-state index in [9.17, 15) is 3.89 Å². The van der Waals surface area contributed by atoms with Crippen LogP contribution < -0.4 is 5.73 Å². The van der Waals surface area contributed by atoms with Crippen LogP contribution in [-0.2, 0) is 0 Å². The molecule has 0 unspecified atom stereocenters. The smallest absolute Gasteiger partial charge is 0.0460 e. The van der Waals surface area contributed by atoms with Crippen LogP contribution in [0.1, 0.15) is 0 Å². The maximum atomic E-state index is 13.4. The first kappa shape index (κ1) is 8.40. The lowest BCUT2D eigenvalue weighted by atomic mass is 10.3. The monoisotopic (exact) mass is 173 g/mol. The molecular weight excluding hydrogens is 161 g/mol. The van der Waals surface area contributed by atoms with E-state index in [2.05, 4.69) is 0 Å². The third-order valence-electron chi connectivity index (χ3n) is 1.44. The van der Waals surface area contributed by atoms with Gasteiger partial charge in [0, 0.05) is 10.6 Å². The van der Waals surface area contributed by atoms with Crippen LogP contribution in [-0.4, -0.2) is 12.5 Å². The van der Waals surface area contributed by atoms with Gasteiger partial charge in [-0.15, -0.1) is 0 Å². The number of rotatable bonds is 1. The molecule has 0 aliphatic heterocycles. The van der Waals surface area contributed by atoms with E-state index in [1.54, 1.807) is 30.7 Å². The molecule has 62 valence electrons. The topological polar surface area (TPSA) is 26.0 Å². The number of nitrogens with two attached hydrogens (primary N) is 1. The molecule has 1 rings (SSSR count). The molecule has 0 radical (unpaired) electrons. The maximum absolute atomic E-state index is 13.4. The third kappa shape index (κ3) is 1.87. The fourth-order valence-corrected chi connectivity index (χ4v) is 1.95. The maximum Gasteiger partial charge on any atom is 0.0460 e. The number of halogens is 1. The molecular formula is C8H12FNS. The van der Waals surface area contributed by atoms with Gasteiger partial charge in [0.1, 0.15) is 0 Å². The van der Waals surface area contributed by atoms with Crippen LogP contribution in [0.3, 0.4) is 0 Å². The molecule has 1 aromatic rings. The summed E-state index contributed by atoms with van der Waals surface area (Å²) in [5.41, 5.74) is 6.14. The Morgan fingerprint density at radius 3 is 2.18 bits per heavy atom. The molecule has 0 fully saturated rings. The second-order valence-corrected chi connectivity index (χ2v) is 5.58. The highest BCUT2D eigenvalue weighted by atomic mass is 32.3. The van der Waals surface area contributed by atoms with E-state index in [0.29, 0.717) is 10.6 Å². The first-order chi connectivity index (χ1) is 5.02. The molecule has 0 aliphatic carbocycles. The Labute approximate surface area is 68.0 Å². The van der Waals surface area contributed by atoms with Crippen LogP contribution in [0.4, 0.5) is 9.57 Å². The summed E-state index contributed by atoms with van der Waals surface area (Å²) >= 11 is 0. The largest absolute Gasteiger partial charge is 0.398 e. The summed E-state index contributed by atoms with van der Waals surface area (Å²) in [6, 6.07) is 7.08. The van der Waals surface area contributed by atoms with Crippen LogP contribution in [0.15, 0.2) is 29.2 Å². The molecule has 0 atom stereocenters. The Bertz CT molecular complexity index is 255. The van der Waals surface area contributed by atoms with E-state index in [1.165, 1.54) is 0 Å². The highest BCUT2D eigenvalue weighted by molar-refractivity contribution is 8.28. The summed E-state index contributed by atoms with van der Waals surface area (Å²) in [6.07, 6.45) is 3.16. The predicted octanol–water partition coefficient (Wildman–Crippen LogP) is 2.58. The lowest BCUT2D eigenvalue weighted by Gasteiger charge is -2.21. The van der Waals surface area contributed by atoms with Gasteiger partial charge in [0.05, 0.1) is 0 Å². The average molecular weight is 173 g/mol. The number of benzene rings is 1. The quantitative estimate of drug-likeness (QED) is 0.649. The van der Waals surface area contributed by atoms with E-state index in [-0.39, 0.29) is 0 Å². The lowest BCUT2D eigenvalue weighted by molar-refractivity contribution is 0.899. The molecule has 0 bridgehead atoms. The lowest BCUT2D eigenvalue weighted by Crippen LogP contribution is -1.94. The minimum absolute atomic E-state index is 0.551. The third-order valence-corrected chi connectivity index (χ3v) is 2.86. The van der Waals surface area contributed by atoms with E-state index < -0.39 is 10.4 Å². The first-order valence-electron chi connectivity index (χ1n) is 3.29. The fourth-order valence-electron chi connectivity index (χ4n) is 0.923. The normalized spacial score (nSPS) is 13.0. The van der Waals surface area contributed by atoms with Crippen LogP contribution >= 0.6 is 10.4 Å². The molecule has 2 N–H and O–H groups in total. The van der Waals surface area contributed by atoms with Gasteiger partial charge >= 0.3 is 0 Å². The van der Waals surface area contributed by atoms with E-state index in [4.69, 9.17) is 5.73 Å². The van der Waals surface area contributed by atoms with Gasteiger partial charge in [0.25, 0.3) is 0 Å². The van der Waals surface area contributed by atoms with Gasteiger partial charge in [0.15, 0.2) is 0 Å². The summed E-state index contributed by atoms with van der Waals surface area (Å²) in [4.78, 5) is 0.639. The molecule has 0 amide bonds. The highest BCUT2D eigenvalue weighted by Crippen LogP contribution is 2.52. The Hall–Kier alpha value is -0.700. The zero-order valence-corrected chi connectivity index (χ0v) is 7.49. The minimum atomic E-state index is -2.16. The van der Waals surface area contributed by atoms with Gasteiger partial charge < -0.3 is 5.73 Å². The summed E-state index contributed by atoms with van der Waals surface area (Å²) in [5, 5.41) is 0. The van der Waals surface area contributed by atoms with Crippen molar-refractivity contribution >= 4 is 16.1 Å². The predicted molar refractivity (Wildman–Crippen MR) is 49.7 cm³/mol. The van der Waals surface area contributed by atoms with Crippen molar-refractivity contribution in [1.29, 1.82) is 0 Å². The van der Waals surface area contributed by atoms with Gasteiger partial charge in [-0.05, 0) is 24.6 Å². The van der Waals surface area contributed by atoms with Crippen molar-refractivity contribution in [3.05, 3.63) is 24.3 Å². The minimum Gasteiger partial charge on any atom is -0.398 e. The molecule has 0 aromatic heterocycles. The van der Waals surface area contributed by atoms with Crippen molar-refractivity contribution in [2.75, 3.05) is 18.2 Å². The standard InChI is InChI=1S/C8H12FNS/c1-11(2,9)8-6-4-3-5-7(8)10/h3-6H,10H2,1-2H3. The number of nitrogen functional groups attached to an aromatic ring is 1. The van der Waals surface area contributed by atoms with Gasteiger partial charge in [-0.25, -0.2) is 0 Å². The Balaban J connectivity index is 3.14. The highest BCUT2D eigenvalue weighted by Gasteiger charge is 2.14. The van der Waals surface area contributed by atoms with E-state index in [0.717, 1.165) is 0 Å². The van der Waals surface area contributed by atoms with Crippen LogP contribution in [0.2, 0.25) is 0 Å². The van der Waals surface area contributed by atoms with Crippen LogP contribution in [0.5, 0.6) is 0 Å². The van der Waals surface area contributed by atoms with Crippen LogP contribution in [0, 0.1) is 0 Å². The van der Waals surface area contributed by atoms with Gasteiger partial charge in [-0.1, -0.05) is 22.5 Å². The van der Waals surface area contributed by atoms with Gasteiger partial charge in [-0.3, -0.25) is 0 Å². The zero-order chi connectivity index (χ0) is 8.48. The summed E-state index contributed by atoms with van der Waals surface area (Å²) in [7, 11) is -2.16. The SMILES string of the molecule is CS(C)(F)c1ccccc1N. The average Bonchev–Trinajstić information content (AvgIpc) is 1.86. The Morgan fingerprint density at radius 2 is 1.82 bits per heavy atom. The van der Waals surface area contributed by atoms with E-state index in [1.807, 2.05) is 6.07 Å². The molecule has 11 heavy (non-hydrogen) atoms. The van der Waals surface area contributed by atoms with Crippen molar-refractivity contribution in [3.8, 4) is 0 Å². The molecule has 1 aromatic carbocycles. The van der Waals surface area contributed by atoms with Crippen LogP contribution in [0.25, 0.3) is 0 Å². The van der Waals surface area contributed by atoms with Crippen molar-refractivity contribution in [3.63, 3.8) is 0 Å². The molecule has 1 nitrogen and oxygen atoms in total. The Morgan fingerprint density at radius 1 is 1.27 bits per heavy atom. The first-order valence-corrected chi connectivity index (χ1v) is 5.64. The van der Waals surface area contributed by atoms with Gasteiger partial charge in [-0.2, -0.15) is 3.89 Å². The number of hydrogen-bond donors (Lipinski definition) is 1. The molecule has 0 spiro atoms. The zero-order valence-electron chi connectivity index (χ0n) is 6.67. The number of para-hydroxylation sites is 1. The van der Waals surface area contributed by atoms with Crippen molar-refractivity contribution in [2.45, 2.75) is 4.90 Å². The summed E-state index contributed by atoms with van der Waals surface area (Å²) in [6.45, 7) is 0. The summed E-state index contributed by atoms with van der Waals surface area (Å²) < 4.78 is 13.4. The van der Waals surface area contributed by atoms with E-state index >= 15 is 0 Å². The fraction of sp³-hybridized carbons (Fsp3) is 0.250. The van der Waals surface area contributed by atoms with Crippen molar-refractivity contribution in [2.24, 2.45) is 0 Å². The second-order valence-electron chi connectivity index (χ2n) is 2.74. The molecule has 0 saturated carbocycles. The molecule has 3 heteroatoms. The molecule has 0 saturated heterocycles. The Kier molecular flexibility index (Phi) is 2.09. The van der Waals surface area contributed by atoms with Crippen molar-refractivity contribution in [1.82, 2.24) is 0 Å².